The van der Waals surface area contributed by atoms with Gasteiger partial charge in [-0.05, 0) is 49.6 Å². The van der Waals surface area contributed by atoms with Crippen LogP contribution >= 0.6 is 11.8 Å². The van der Waals surface area contributed by atoms with Crippen LogP contribution in [0.15, 0.2) is 53.7 Å². The molecular formula is C23H27FN4OS. The highest BCUT2D eigenvalue weighted by Gasteiger charge is 2.21. The Bertz CT molecular complexity index is 983. The molecule has 0 saturated heterocycles. The minimum absolute atomic E-state index is 0.00327. The van der Waals surface area contributed by atoms with Gasteiger partial charge in [0.25, 0.3) is 0 Å². The summed E-state index contributed by atoms with van der Waals surface area (Å²) in [7, 11) is 0. The maximum atomic E-state index is 13.2. The van der Waals surface area contributed by atoms with Gasteiger partial charge in [-0.15, -0.1) is 10.2 Å². The Morgan fingerprint density at radius 1 is 1.07 bits per heavy atom. The number of nitrogens with one attached hydrogen (secondary N) is 1. The molecule has 1 N–H and O–H groups in total. The third kappa shape index (κ3) is 5.69. The van der Waals surface area contributed by atoms with E-state index in [0.717, 1.165) is 22.0 Å². The molecule has 2 aromatic carbocycles. The van der Waals surface area contributed by atoms with E-state index in [2.05, 4.69) is 15.5 Å². The van der Waals surface area contributed by atoms with Crippen LogP contribution in [0.25, 0.3) is 5.69 Å². The Morgan fingerprint density at radius 3 is 2.37 bits per heavy atom. The Morgan fingerprint density at radius 2 is 1.73 bits per heavy atom. The molecule has 3 aromatic rings. The lowest BCUT2D eigenvalue weighted by Crippen LogP contribution is -2.29. The number of halogens is 1. The van der Waals surface area contributed by atoms with Gasteiger partial charge in [0.15, 0.2) is 11.0 Å². The topological polar surface area (TPSA) is 59.8 Å². The molecule has 0 aliphatic carbocycles. The van der Waals surface area contributed by atoms with Crippen LogP contribution in [-0.4, -0.2) is 20.7 Å². The van der Waals surface area contributed by atoms with Crippen molar-refractivity contribution in [2.24, 2.45) is 5.92 Å². The molecule has 0 saturated carbocycles. The fourth-order valence-electron chi connectivity index (χ4n) is 3.06. The van der Waals surface area contributed by atoms with Crippen LogP contribution in [0.2, 0.25) is 0 Å². The van der Waals surface area contributed by atoms with Gasteiger partial charge in [-0.1, -0.05) is 55.4 Å². The van der Waals surface area contributed by atoms with Gasteiger partial charge in [-0.2, -0.15) is 0 Å². The number of amides is 1. The molecule has 7 heteroatoms. The van der Waals surface area contributed by atoms with Crippen molar-refractivity contribution < 1.29 is 9.18 Å². The number of hydrogen-bond donors (Lipinski definition) is 1. The predicted octanol–water partition coefficient (Wildman–Crippen LogP) is 5.23. The van der Waals surface area contributed by atoms with Gasteiger partial charge < -0.3 is 5.32 Å². The number of carbonyl (C=O) groups excluding carboxylic acids is 1. The maximum absolute atomic E-state index is 13.2. The number of rotatable bonds is 8. The second-order valence-corrected chi connectivity index (χ2v) is 8.76. The lowest BCUT2D eigenvalue weighted by Gasteiger charge is -2.17. The second kappa shape index (κ2) is 9.89. The number of benzene rings is 2. The summed E-state index contributed by atoms with van der Waals surface area (Å²) in [6, 6.07) is 14.3. The molecule has 0 bridgehead atoms. The van der Waals surface area contributed by atoms with Gasteiger partial charge in [0.05, 0.1) is 6.04 Å². The molecule has 0 unspecified atom stereocenters. The Labute approximate surface area is 181 Å². The van der Waals surface area contributed by atoms with Gasteiger partial charge in [0.1, 0.15) is 5.82 Å². The van der Waals surface area contributed by atoms with Crippen LogP contribution in [-0.2, 0) is 10.5 Å². The summed E-state index contributed by atoms with van der Waals surface area (Å²) in [5.41, 5.74) is 3.10. The molecule has 1 atom stereocenters. The minimum atomic E-state index is -0.287. The fourth-order valence-corrected chi connectivity index (χ4v) is 3.97. The first-order valence-corrected chi connectivity index (χ1v) is 11.0. The second-order valence-electron chi connectivity index (χ2n) is 7.81. The van der Waals surface area contributed by atoms with E-state index in [4.69, 9.17) is 0 Å². The normalized spacial score (nSPS) is 12.2. The molecule has 0 spiro atoms. The fraction of sp³-hybridized carbons (Fsp3) is 0.348. The lowest BCUT2D eigenvalue weighted by atomic mass is 10.1. The van der Waals surface area contributed by atoms with E-state index in [1.807, 2.05) is 56.5 Å². The van der Waals surface area contributed by atoms with Crippen LogP contribution in [0.4, 0.5) is 4.39 Å². The third-order valence-electron chi connectivity index (χ3n) is 4.59. The van der Waals surface area contributed by atoms with Crippen molar-refractivity contribution >= 4 is 17.7 Å². The predicted molar refractivity (Wildman–Crippen MR) is 118 cm³/mol. The van der Waals surface area contributed by atoms with Crippen LogP contribution in [0.3, 0.4) is 0 Å². The van der Waals surface area contributed by atoms with Gasteiger partial charge in [-0.3, -0.25) is 9.36 Å². The van der Waals surface area contributed by atoms with Crippen molar-refractivity contribution in [3.05, 3.63) is 71.3 Å². The molecule has 1 amide bonds. The number of hydrogen-bond acceptors (Lipinski definition) is 4. The molecular weight excluding hydrogens is 399 g/mol. The molecule has 1 aromatic heterocycles. The van der Waals surface area contributed by atoms with E-state index in [-0.39, 0.29) is 23.7 Å². The van der Waals surface area contributed by atoms with E-state index in [9.17, 15) is 9.18 Å². The zero-order chi connectivity index (χ0) is 21.7. The summed E-state index contributed by atoms with van der Waals surface area (Å²) in [6.45, 7) is 7.99. The van der Waals surface area contributed by atoms with E-state index >= 15 is 0 Å². The van der Waals surface area contributed by atoms with Gasteiger partial charge >= 0.3 is 0 Å². The zero-order valence-electron chi connectivity index (χ0n) is 17.7. The van der Waals surface area contributed by atoms with Crippen LogP contribution in [0.5, 0.6) is 0 Å². The molecule has 0 aliphatic heterocycles. The van der Waals surface area contributed by atoms with Gasteiger partial charge in [-0.25, -0.2) is 4.39 Å². The molecule has 1 heterocycles. The summed E-state index contributed by atoms with van der Waals surface area (Å²) >= 11 is 1.53. The Hall–Kier alpha value is -2.67. The average molecular weight is 427 g/mol. The maximum Gasteiger partial charge on any atom is 0.220 e. The lowest BCUT2D eigenvalue weighted by molar-refractivity contribution is -0.122. The van der Waals surface area contributed by atoms with Crippen LogP contribution in [0.1, 0.15) is 50.2 Å². The van der Waals surface area contributed by atoms with Crippen molar-refractivity contribution in [2.75, 3.05) is 0 Å². The van der Waals surface area contributed by atoms with Gasteiger partial charge in [0, 0.05) is 17.9 Å². The SMILES string of the molecule is Cc1ccc(-n2c(SCc3ccc(F)cc3)nnc2[C@H](C)NC(=O)CC(C)C)cc1. The van der Waals surface area contributed by atoms with E-state index < -0.39 is 0 Å². The Balaban J connectivity index is 1.87. The average Bonchev–Trinajstić information content (AvgIpc) is 3.11. The largest absolute Gasteiger partial charge is 0.346 e. The first kappa shape index (κ1) is 22.0. The number of carbonyl (C=O) groups is 1. The molecule has 5 nitrogen and oxygen atoms in total. The highest BCUT2D eigenvalue weighted by Crippen LogP contribution is 2.28. The first-order valence-electron chi connectivity index (χ1n) is 10.0. The number of nitrogens with zero attached hydrogens (tertiary/aromatic N) is 3. The third-order valence-corrected chi connectivity index (χ3v) is 5.59. The molecule has 0 aliphatic rings. The number of aryl methyl sites for hydroxylation is 1. The van der Waals surface area contributed by atoms with Crippen LogP contribution < -0.4 is 5.32 Å². The Kier molecular flexibility index (Phi) is 7.26. The highest BCUT2D eigenvalue weighted by atomic mass is 32.2. The summed E-state index contributed by atoms with van der Waals surface area (Å²) in [4.78, 5) is 12.3. The molecule has 30 heavy (non-hydrogen) atoms. The van der Waals surface area contributed by atoms with Crippen LogP contribution in [0, 0.1) is 18.7 Å². The number of thioether (sulfide) groups is 1. The quantitative estimate of drug-likeness (QED) is 0.501. The standard InChI is InChI=1S/C23H27FN4OS/c1-15(2)13-21(29)25-17(4)22-26-27-23(28(22)20-11-5-16(3)6-12-20)30-14-18-7-9-19(24)10-8-18/h5-12,15,17H,13-14H2,1-4H3,(H,25,29)/t17-/m0/s1. The van der Waals surface area contributed by atoms with Gasteiger partial charge in [0.2, 0.25) is 5.91 Å². The van der Waals surface area contributed by atoms with E-state index in [0.29, 0.717) is 18.0 Å². The first-order chi connectivity index (χ1) is 14.3. The van der Waals surface area contributed by atoms with Crippen molar-refractivity contribution in [3.63, 3.8) is 0 Å². The summed E-state index contributed by atoms with van der Waals surface area (Å²) < 4.78 is 15.2. The number of aromatic nitrogens is 3. The monoisotopic (exact) mass is 426 g/mol. The minimum Gasteiger partial charge on any atom is -0.346 e. The van der Waals surface area contributed by atoms with Crippen molar-refractivity contribution in [1.82, 2.24) is 20.1 Å². The van der Waals surface area contributed by atoms with Crippen molar-refractivity contribution in [3.8, 4) is 5.69 Å². The molecule has 0 fully saturated rings. The van der Waals surface area contributed by atoms with Crippen molar-refractivity contribution in [1.29, 1.82) is 0 Å². The smallest absolute Gasteiger partial charge is 0.220 e. The van der Waals surface area contributed by atoms with E-state index in [1.54, 1.807) is 12.1 Å². The molecule has 0 radical (unpaired) electrons. The highest BCUT2D eigenvalue weighted by molar-refractivity contribution is 7.98. The van der Waals surface area contributed by atoms with Crippen molar-refractivity contribution in [2.45, 2.75) is 51.1 Å². The summed E-state index contributed by atoms with van der Waals surface area (Å²) in [5, 5.41) is 12.5. The van der Waals surface area contributed by atoms with E-state index in [1.165, 1.54) is 23.9 Å². The zero-order valence-corrected chi connectivity index (χ0v) is 18.5. The molecule has 158 valence electrons. The summed E-state index contributed by atoms with van der Waals surface area (Å²) in [5.74, 6) is 1.35. The summed E-state index contributed by atoms with van der Waals surface area (Å²) in [6.07, 6.45) is 0.467. The molecule has 3 rings (SSSR count).